The van der Waals surface area contributed by atoms with Crippen LogP contribution in [-0.2, 0) is 9.53 Å². The average Bonchev–Trinajstić information content (AvgIpc) is 3.02. The van der Waals surface area contributed by atoms with Gasteiger partial charge in [0.05, 0.1) is 5.56 Å². The Kier molecular flexibility index (Phi) is 4.35. The minimum absolute atomic E-state index is 0.123. The third-order valence-electron chi connectivity index (χ3n) is 10.2. The number of esters is 1. The van der Waals surface area contributed by atoms with Crippen LogP contribution >= 0.6 is 0 Å². The van der Waals surface area contributed by atoms with Gasteiger partial charge in [-0.2, -0.15) is 0 Å². The second-order valence-electron chi connectivity index (χ2n) is 12.0. The second-order valence-corrected chi connectivity index (χ2v) is 12.0. The van der Waals surface area contributed by atoms with Gasteiger partial charge >= 0.3 is 5.97 Å². The van der Waals surface area contributed by atoms with Crippen molar-refractivity contribution >= 4 is 11.8 Å². The predicted molar refractivity (Wildman–Crippen MR) is 117 cm³/mol. The van der Waals surface area contributed by atoms with E-state index in [4.69, 9.17) is 4.74 Å². The molecule has 4 aliphatic carbocycles. The zero-order chi connectivity index (χ0) is 21.4. The van der Waals surface area contributed by atoms with Crippen molar-refractivity contribution in [1.29, 1.82) is 0 Å². The van der Waals surface area contributed by atoms with E-state index in [2.05, 4.69) is 27.7 Å². The van der Waals surface area contributed by atoms with Gasteiger partial charge in [0, 0.05) is 17.8 Å². The molecular formula is C27H36O3. The van der Waals surface area contributed by atoms with E-state index in [1.165, 1.54) is 19.3 Å². The Morgan fingerprint density at radius 3 is 2.47 bits per heavy atom. The second kappa shape index (κ2) is 6.43. The van der Waals surface area contributed by atoms with Crippen LogP contribution in [-0.4, -0.2) is 17.9 Å². The minimum atomic E-state index is -0.230. The topological polar surface area (TPSA) is 43.4 Å². The molecule has 0 N–H and O–H groups in total. The smallest absolute Gasteiger partial charge is 0.338 e. The lowest BCUT2D eigenvalue weighted by Crippen LogP contribution is -2.64. The molecule has 4 saturated carbocycles. The highest BCUT2D eigenvalue weighted by atomic mass is 16.5. The quantitative estimate of drug-likeness (QED) is 0.546. The molecule has 1 spiro atoms. The van der Waals surface area contributed by atoms with Crippen molar-refractivity contribution in [3.63, 3.8) is 0 Å². The molecule has 1 aromatic rings. The molecule has 162 valence electrons. The third kappa shape index (κ3) is 2.63. The molecule has 0 saturated heterocycles. The molecule has 0 radical (unpaired) electrons. The van der Waals surface area contributed by atoms with Crippen molar-refractivity contribution in [1.82, 2.24) is 0 Å². The van der Waals surface area contributed by atoms with E-state index in [0.717, 1.165) is 25.7 Å². The van der Waals surface area contributed by atoms with Crippen LogP contribution in [0.5, 0.6) is 0 Å². The van der Waals surface area contributed by atoms with Crippen LogP contribution in [0.1, 0.15) is 89.4 Å². The number of benzene rings is 1. The Labute approximate surface area is 181 Å². The summed E-state index contributed by atoms with van der Waals surface area (Å²) in [4.78, 5) is 26.2. The Balaban J connectivity index is 1.56. The van der Waals surface area contributed by atoms with Gasteiger partial charge in [0.1, 0.15) is 11.9 Å². The fourth-order valence-electron chi connectivity index (χ4n) is 8.57. The van der Waals surface area contributed by atoms with E-state index < -0.39 is 0 Å². The first-order valence-corrected chi connectivity index (χ1v) is 11.9. The molecule has 30 heavy (non-hydrogen) atoms. The van der Waals surface area contributed by atoms with Gasteiger partial charge in [0.2, 0.25) is 0 Å². The first-order valence-electron chi connectivity index (χ1n) is 11.9. The SMILES string of the molecule is CC1(C)CCC[C@@]2(C)[C@H]1C[C@H](OC(=O)c1ccccc1)[C@H]1CC(=O)[C@@]3(C)CC[C@]12C3. The molecule has 1 aromatic carbocycles. The summed E-state index contributed by atoms with van der Waals surface area (Å²) in [6, 6.07) is 9.34. The lowest BCUT2D eigenvalue weighted by atomic mass is 9.38. The Bertz CT molecular complexity index is 873. The van der Waals surface area contributed by atoms with E-state index in [-0.39, 0.29) is 39.7 Å². The van der Waals surface area contributed by atoms with Crippen LogP contribution in [0.4, 0.5) is 0 Å². The summed E-state index contributed by atoms with van der Waals surface area (Å²) in [6.07, 6.45) is 8.21. The summed E-state index contributed by atoms with van der Waals surface area (Å²) in [7, 11) is 0. The number of hydrogen-bond donors (Lipinski definition) is 0. The van der Waals surface area contributed by atoms with Gasteiger partial charge in [-0.05, 0) is 72.8 Å². The molecule has 0 amide bonds. The molecule has 4 fully saturated rings. The molecule has 0 aromatic heterocycles. The molecule has 3 heteroatoms. The predicted octanol–water partition coefficient (Wildman–Crippen LogP) is 6.21. The van der Waals surface area contributed by atoms with Crippen molar-refractivity contribution in [2.45, 2.75) is 85.2 Å². The molecule has 5 rings (SSSR count). The molecular weight excluding hydrogens is 372 g/mol. The average molecular weight is 409 g/mol. The molecule has 0 unspecified atom stereocenters. The summed E-state index contributed by atoms with van der Waals surface area (Å²) < 4.78 is 6.27. The van der Waals surface area contributed by atoms with Crippen LogP contribution in [0.3, 0.4) is 0 Å². The summed E-state index contributed by atoms with van der Waals surface area (Å²) >= 11 is 0. The van der Waals surface area contributed by atoms with Crippen molar-refractivity contribution in [3.05, 3.63) is 35.9 Å². The standard InChI is InChI=1S/C27H36O3/c1-24(2)11-8-12-26(4)21(24)16-20(30-23(29)18-9-6-5-7-10-18)19-15-22(28)25(3)13-14-27(19,26)17-25/h5-7,9-10,19-21H,8,11-17H2,1-4H3/t19-,20+,21+,25+,26+,27+/m1/s1. The normalized spacial score (nSPS) is 44.1. The van der Waals surface area contributed by atoms with Crippen LogP contribution in [0.2, 0.25) is 0 Å². The summed E-state index contributed by atoms with van der Waals surface area (Å²) in [5, 5.41) is 0. The molecule has 2 bridgehead atoms. The molecule has 6 atom stereocenters. The lowest BCUT2D eigenvalue weighted by molar-refractivity contribution is -0.209. The molecule has 4 aliphatic rings. The lowest BCUT2D eigenvalue weighted by Gasteiger charge is -2.67. The van der Waals surface area contributed by atoms with Crippen molar-refractivity contribution in [2.24, 2.45) is 33.5 Å². The Morgan fingerprint density at radius 1 is 1.00 bits per heavy atom. The van der Waals surface area contributed by atoms with Gasteiger partial charge in [-0.25, -0.2) is 4.79 Å². The number of hydrogen-bond acceptors (Lipinski definition) is 3. The number of rotatable bonds is 2. The largest absolute Gasteiger partial charge is 0.458 e. The highest BCUT2D eigenvalue weighted by Gasteiger charge is 2.71. The van der Waals surface area contributed by atoms with Gasteiger partial charge in [-0.15, -0.1) is 0 Å². The fraction of sp³-hybridized carbons (Fsp3) is 0.704. The monoisotopic (exact) mass is 408 g/mol. The summed E-state index contributed by atoms with van der Waals surface area (Å²) in [6.45, 7) is 9.57. The number of carbonyl (C=O) groups excluding carboxylic acids is 2. The van der Waals surface area contributed by atoms with Crippen molar-refractivity contribution < 1.29 is 14.3 Å². The Morgan fingerprint density at radius 2 is 1.73 bits per heavy atom. The number of fused-ring (bicyclic) bond motifs is 2. The molecule has 0 heterocycles. The zero-order valence-electron chi connectivity index (χ0n) is 19.0. The van der Waals surface area contributed by atoms with Crippen LogP contribution in [0.15, 0.2) is 30.3 Å². The van der Waals surface area contributed by atoms with Gasteiger partial charge in [-0.3, -0.25) is 4.79 Å². The minimum Gasteiger partial charge on any atom is -0.458 e. The highest BCUT2D eigenvalue weighted by molar-refractivity contribution is 5.90. The van der Waals surface area contributed by atoms with E-state index in [1.807, 2.05) is 30.3 Å². The third-order valence-corrected chi connectivity index (χ3v) is 10.2. The zero-order valence-corrected chi connectivity index (χ0v) is 19.0. The van der Waals surface area contributed by atoms with Crippen molar-refractivity contribution in [3.8, 4) is 0 Å². The van der Waals surface area contributed by atoms with Crippen LogP contribution in [0.25, 0.3) is 0 Å². The molecule has 0 aliphatic heterocycles. The number of Topliss-reactive ketones (excluding diaryl/α,β-unsaturated/α-hetero) is 1. The van der Waals surface area contributed by atoms with Crippen molar-refractivity contribution in [2.75, 3.05) is 0 Å². The summed E-state index contributed by atoms with van der Waals surface area (Å²) in [5.74, 6) is 0.868. The van der Waals surface area contributed by atoms with E-state index >= 15 is 0 Å². The Hall–Kier alpha value is -1.64. The number of carbonyl (C=O) groups is 2. The van der Waals surface area contributed by atoms with Gasteiger partial charge in [-0.1, -0.05) is 52.3 Å². The van der Waals surface area contributed by atoms with Gasteiger partial charge in [0.15, 0.2) is 0 Å². The van der Waals surface area contributed by atoms with E-state index in [0.29, 0.717) is 23.7 Å². The van der Waals surface area contributed by atoms with Crippen LogP contribution < -0.4 is 0 Å². The molecule has 3 nitrogen and oxygen atoms in total. The van der Waals surface area contributed by atoms with Gasteiger partial charge < -0.3 is 4.74 Å². The summed E-state index contributed by atoms with van der Waals surface area (Å²) in [5.41, 5.74) is 1.04. The maximum atomic E-state index is 13.2. The number of ether oxygens (including phenoxy) is 1. The first-order chi connectivity index (χ1) is 14.1. The van der Waals surface area contributed by atoms with Gasteiger partial charge in [0.25, 0.3) is 0 Å². The maximum Gasteiger partial charge on any atom is 0.338 e. The maximum absolute atomic E-state index is 13.2. The number of ketones is 1. The van der Waals surface area contributed by atoms with E-state index in [9.17, 15) is 9.59 Å². The first kappa shape index (κ1) is 20.3. The fourth-order valence-corrected chi connectivity index (χ4v) is 8.57. The van der Waals surface area contributed by atoms with Crippen LogP contribution in [0, 0.1) is 33.5 Å². The van der Waals surface area contributed by atoms with E-state index in [1.54, 1.807) is 0 Å². The highest BCUT2D eigenvalue weighted by Crippen LogP contribution is 2.75.